The predicted octanol–water partition coefficient (Wildman–Crippen LogP) is 5.54. The van der Waals surface area contributed by atoms with E-state index in [4.69, 9.17) is 4.74 Å². The first kappa shape index (κ1) is 23.6. The molecule has 0 heterocycles. The number of aromatic hydroxyl groups is 1. The van der Waals surface area contributed by atoms with E-state index >= 15 is 0 Å². The molecular formula is C25H36N2O3. The summed E-state index contributed by atoms with van der Waals surface area (Å²) in [6.07, 6.45) is 7.50. The molecule has 0 spiro atoms. The van der Waals surface area contributed by atoms with Gasteiger partial charge in [-0.15, -0.1) is 0 Å². The first-order valence-corrected chi connectivity index (χ1v) is 11.2. The Balaban J connectivity index is 1.95. The highest BCUT2D eigenvalue weighted by atomic mass is 16.5. The summed E-state index contributed by atoms with van der Waals surface area (Å²) in [5.74, 6) is 0.885. The van der Waals surface area contributed by atoms with Crippen molar-refractivity contribution in [1.29, 1.82) is 0 Å². The lowest BCUT2D eigenvalue weighted by molar-refractivity contribution is 0.0953. The summed E-state index contributed by atoms with van der Waals surface area (Å²) < 4.78 is 6.01. The number of anilines is 1. The van der Waals surface area contributed by atoms with Crippen LogP contribution in [0.1, 0.15) is 68.3 Å². The number of ether oxygens (including phenoxy) is 1. The van der Waals surface area contributed by atoms with E-state index < -0.39 is 0 Å². The van der Waals surface area contributed by atoms with Gasteiger partial charge in [0.05, 0.1) is 12.3 Å². The number of rotatable bonds is 14. The maximum atomic E-state index is 12.6. The topological polar surface area (TPSA) is 70.6 Å². The van der Waals surface area contributed by atoms with Crippen molar-refractivity contribution in [2.75, 3.05) is 25.0 Å². The summed E-state index contributed by atoms with van der Waals surface area (Å²) in [4.78, 5) is 12.6. The number of phenols is 1. The van der Waals surface area contributed by atoms with E-state index in [0.29, 0.717) is 25.1 Å². The van der Waals surface area contributed by atoms with E-state index in [1.807, 2.05) is 30.3 Å². The van der Waals surface area contributed by atoms with E-state index in [-0.39, 0.29) is 11.7 Å². The minimum absolute atomic E-state index is 0.107. The number of phenolic OH excluding ortho intramolecular Hbond substituents is 1. The monoisotopic (exact) mass is 412 g/mol. The summed E-state index contributed by atoms with van der Waals surface area (Å²) in [5.41, 5.74) is 2.62. The maximum absolute atomic E-state index is 12.6. The molecule has 2 aromatic carbocycles. The molecule has 5 heteroatoms. The summed E-state index contributed by atoms with van der Waals surface area (Å²) >= 11 is 0. The van der Waals surface area contributed by atoms with Crippen LogP contribution in [0.3, 0.4) is 0 Å². The molecule has 2 aromatic rings. The molecule has 2 rings (SSSR count). The van der Waals surface area contributed by atoms with Gasteiger partial charge in [-0.2, -0.15) is 0 Å². The van der Waals surface area contributed by atoms with Crippen molar-refractivity contribution in [2.24, 2.45) is 0 Å². The van der Waals surface area contributed by atoms with Gasteiger partial charge in [0.15, 0.2) is 0 Å². The van der Waals surface area contributed by atoms with E-state index in [1.165, 1.54) is 12.8 Å². The molecule has 0 saturated heterocycles. The highest BCUT2D eigenvalue weighted by molar-refractivity contribution is 5.95. The fourth-order valence-electron chi connectivity index (χ4n) is 3.15. The molecule has 5 nitrogen and oxygen atoms in total. The number of carbonyl (C=O) groups excluding carboxylic acids is 1. The second-order valence-corrected chi connectivity index (χ2v) is 7.57. The highest BCUT2D eigenvalue weighted by Gasteiger charge is 2.11. The zero-order chi connectivity index (χ0) is 21.6. The average molecular weight is 413 g/mol. The standard InChI is InChI=1S/C25H36N2O3/c1-3-5-7-16-26-23-14-11-21(19-24(23)30-18-8-6-4-2)25(29)27-17-15-20-9-12-22(28)13-10-20/h9-14,19,26,28H,3-8,15-18H2,1-2H3,(H,27,29). The smallest absolute Gasteiger partial charge is 0.251 e. The molecule has 0 atom stereocenters. The molecule has 30 heavy (non-hydrogen) atoms. The molecule has 164 valence electrons. The van der Waals surface area contributed by atoms with Crippen LogP contribution < -0.4 is 15.4 Å². The highest BCUT2D eigenvalue weighted by Crippen LogP contribution is 2.26. The lowest BCUT2D eigenvalue weighted by Gasteiger charge is -2.15. The van der Waals surface area contributed by atoms with Crippen molar-refractivity contribution in [3.8, 4) is 11.5 Å². The fraction of sp³-hybridized carbons (Fsp3) is 0.480. The van der Waals surface area contributed by atoms with Crippen LogP contribution >= 0.6 is 0 Å². The number of hydrogen-bond acceptors (Lipinski definition) is 4. The molecule has 0 aromatic heterocycles. The van der Waals surface area contributed by atoms with Crippen LogP contribution in [0.15, 0.2) is 42.5 Å². The van der Waals surface area contributed by atoms with Gasteiger partial charge in [-0.1, -0.05) is 51.7 Å². The molecule has 0 saturated carbocycles. The number of amides is 1. The van der Waals surface area contributed by atoms with Crippen LogP contribution in [0.4, 0.5) is 5.69 Å². The summed E-state index contributed by atoms with van der Waals surface area (Å²) in [7, 11) is 0. The van der Waals surface area contributed by atoms with E-state index in [9.17, 15) is 9.90 Å². The van der Waals surface area contributed by atoms with Crippen LogP contribution in [0.2, 0.25) is 0 Å². The van der Waals surface area contributed by atoms with Crippen LogP contribution in [0, 0.1) is 0 Å². The normalized spacial score (nSPS) is 10.6. The van der Waals surface area contributed by atoms with Crippen molar-refractivity contribution < 1.29 is 14.6 Å². The first-order chi connectivity index (χ1) is 14.6. The first-order valence-electron chi connectivity index (χ1n) is 11.2. The Morgan fingerprint density at radius 1 is 0.933 bits per heavy atom. The zero-order valence-electron chi connectivity index (χ0n) is 18.4. The van der Waals surface area contributed by atoms with Crippen LogP contribution in [-0.2, 0) is 6.42 Å². The number of hydrogen-bond donors (Lipinski definition) is 3. The molecule has 0 radical (unpaired) electrons. The Bertz CT molecular complexity index is 759. The summed E-state index contributed by atoms with van der Waals surface area (Å²) in [6, 6.07) is 12.7. The van der Waals surface area contributed by atoms with Gasteiger partial charge < -0.3 is 20.5 Å². The molecule has 0 fully saturated rings. The average Bonchev–Trinajstić information content (AvgIpc) is 2.76. The minimum Gasteiger partial charge on any atom is -0.508 e. The summed E-state index contributed by atoms with van der Waals surface area (Å²) in [6.45, 7) is 6.45. The van der Waals surface area contributed by atoms with Crippen molar-refractivity contribution in [3.63, 3.8) is 0 Å². The minimum atomic E-state index is -0.107. The van der Waals surface area contributed by atoms with Crippen molar-refractivity contribution in [3.05, 3.63) is 53.6 Å². The lowest BCUT2D eigenvalue weighted by Crippen LogP contribution is -2.25. The molecule has 0 aliphatic heterocycles. The van der Waals surface area contributed by atoms with Gasteiger partial charge in [-0.25, -0.2) is 0 Å². The van der Waals surface area contributed by atoms with Gasteiger partial charge >= 0.3 is 0 Å². The Kier molecular flexibility index (Phi) is 10.6. The zero-order valence-corrected chi connectivity index (χ0v) is 18.4. The fourth-order valence-corrected chi connectivity index (χ4v) is 3.15. The molecule has 0 aliphatic rings. The van der Waals surface area contributed by atoms with E-state index in [0.717, 1.165) is 49.2 Å². The van der Waals surface area contributed by atoms with Gasteiger partial charge in [0.1, 0.15) is 11.5 Å². The van der Waals surface area contributed by atoms with Gasteiger partial charge in [0.2, 0.25) is 0 Å². The molecule has 0 unspecified atom stereocenters. The number of unbranched alkanes of at least 4 members (excludes halogenated alkanes) is 4. The molecular weight excluding hydrogens is 376 g/mol. The van der Waals surface area contributed by atoms with Gasteiger partial charge in [0.25, 0.3) is 5.91 Å². The third kappa shape index (κ3) is 8.36. The van der Waals surface area contributed by atoms with Crippen molar-refractivity contribution >= 4 is 11.6 Å². The van der Waals surface area contributed by atoms with Crippen LogP contribution in [0.5, 0.6) is 11.5 Å². The molecule has 3 N–H and O–H groups in total. The Labute approximate surface area is 180 Å². The number of nitrogens with one attached hydrogen (secondary N) is 2. The predicted molar refractivity (Wildman–Crippen MR) is 124 cm³/mol. The maximum Gasteiger partial charge on any atom is 0.251 e. The SMILES string of the molecule is CCCCCNc1ccc(C(=O)NCCc2ccc(O)cc2)cc1OCCCCC. The Morgan fingerprint density at radius 2 is 1.67 bits per heavy atom. The second kappa shape index (κ2) is 13.5. The number of benzene rings is 2. The van der Waals surface area contributed by atoms with Crippen molar-refractivity contribution in [1.82, 2.24) is 5.32 Å². The lowest BCUT2D eigenvalue weighted by atomic mass is 10.1. The summed E-state index contributed by atoms with van der Waals surface area (Å²) in [5, 5.41) is 15.8. The van der Waals surface area contributed by atoms with Crippen LogP contribution in [0.25, 0.3) is 0 Å². The van der Waals surface area contributed by atoms with Crippen LogP contribution in [-0.4, -0.2) is 30.7 Å². The third-order valence-electron chi connectivity index (χ3n) is 4.98. The van der Waals surface area contributed by atoms with Gasteiger partial charge in [-0.3, -0.25) is 4.79 Å². The van der Waals surface area contributed by atoms with Gasteiger partial charge in [0, 0.05) is 18.7 Å². The third-order valence-corrected chi connectivity index (χ3v) is 4.98. The quantitative estimate of drug-likeness (QED) is 0.357. The Morgan fingerprint density at radius 3 is 2.40 bits per heavy atom. The largest absolute Gasteiger partial charge is 0.508 e. The van der Waals surface area contributed by atoms with Crippen molar-refractivity contribution in [2.45, 2.75) is 58.8 Å². The van der Waals surface area contributed by atoms with E-state index in [2.05, 4.69) is 24.5 Å². The molecule has 1 amide bonds. The number of carbonyl (C=O) groups is 1. The molecule has 0 aliphatic carbocycles. The van der Waals surface area contributed by atoms with Gasteiger partial charge in [-0.05, 0) is 55.2 Å². The second-order valence-electron chi connectivity index (χ2n) is 7.57. The van der Waals surface area contributed by atoms with E-state index in [1.54, 1.807) is 12.1 Å². The Hall–Kier alpha value is -2.69. The molecule has 0 bridgehead atoms.